The lowest BCUT2D eigenvalue weighted by molar-refractivity contribution is 0.0607. The molecule has 0 saturated carbocycles. The van der Waals surface area contributed by atoms with Crippen LogP contribution in [0.5, 0.6) is 5.75 Å². The third-order valence-electron chi connectivity index (χ3n) is 3.58. The van der Waals surface area contributed by atoms with Crippen molar-refractivity contribution in [3.8, 4) is 5.75 Å². The van der Waals surface area contributed by atoms with Gasteiger partial charge in [-0.1, -0.05) is 32.9 Å². The lowest BCUT2D eigenvalue weighted by atomic mass is 9.89. The summed E-state index contributed by atoms with van der Waals surface area (Å²) in [4.78, 5) is 13.6. The number of carbonyl (C=O) groups is 1. The fourth-order valence-electron chi connectivity index (χ4n) is 2.00. The van der Waals surface area contributed by atoms with Crippen LogP contribution in [0.25, 0.3) is 0 Å². The molecule has 1 rings (SSSR count). The third kappa shape index (κ3) is 8.89. The number of aryl methyl sites for hydroxylation is 1. The summed E-state index contributed by atoms with van der Waals surface area (Å²) in [6, 6.07) is 7.74. The monoisotopic (exact) mass is 337 g/mol. The lowest BCUT2D eigenvalue weighted by Crippen LogP contribution is -2.32. The molecule has 0 aliphatic carbocycles. The lowest BCUT2D eigenvalue weighted by Gasteiger charge is -2.19. The van der Waals surface area contributed by atoms with Gasteiger partial charge in [0.05, 0.1) is 19.8 Å². The van der Waals surface area contributed by atoms with E-state index in [0.29, 0.717) is 32.1 Å². The Morgan fingerprint density at radius 1 is 1.17 bits per heavy atom. The molecule has 0 atom stereocenters. The van der Waals surface area contributed by atoms with Crippen molar-refractivity contribution in [2.24, 2.45) is 5.41 Å². The molecule has 0 aliphatic heterocycles. The topological polar surface area (TPSA) is 48.0 Å². The van der Waals surface area contributed by atoms with Crippen molar-refractivity contribution in [2.75, 3.05) is 40.5 Å². The van der Waals surface area contributed by atoms with Crippen LogP contribution in [0.15, 0.2) is 24.3 Å². The number of benzene rings is 1. The number of ether oxygens (including phenoxy) is 3. The summed E-state index contributed by atoms with van der Waals surface area (Å²) in [6.07, 6.45) is 1.68. The Bertz CT molecular complexity index is 496. The molecule has 0 bridgehead atoms. The molecule has 1 aromatic rings. The van der Waals surface area contributed by atoms with E-state index in [1.165, 1.54) is 10.5 Å². The predicted molar refractivity (Wildman–Crippen MR) is 95.6 cm³/mol. The van der Waals surface area contributed by atoms with Crippen LogP contribution in [0.3, 0.4) is 0 Å². The van der Waals surface area contributed by atoms with Crippen molar-refractivity contribution in [1.29, 1.82) is 0 Å². The van der Waals surface area contributed by atoms with Crippen molar-refractivity contribution >= 4 is 6.09 Å². The van der Waals surface area contributed by atoms with Gasteiger partial charge in [0.2, 0.25) is 0 Å². The molecule has 0 radical (unpaired) electrons. The van der Waals surface area contributed by atoms with E-state index >= 15 is 0 Å². The van der Waals surface area contributed by atoms with Crippen molar-refractivity contribution < 1.29 is 19.0 Å². The highest BCUT2D eigenvalue weighted by atomic mass is 16.6. The first-order valence-corrected chi connectivity index (χ1v) is 8.40. The van der Waals surface area contributed by atoms with Crippen molar-refractivity contribution in [2.45, 2.75) is 33.6 Å². The molecule has 5 heteroatoms. The maximum atomic E-state index is 12.1. The van der Waals surface area contributed by atoms with E-state index in [0.717, 1.165) is 12.8 Å². The summed E-state index contributed by atoms with van der Waals surface area (Å²) in [6.45, 7) is 8.68. The number of hydrogen-bond donors (Lipinski definition) is 0. The Morgan fingerprint density at radius 3 is 2.58 bits per heavy atom. The number of nitrogens with zero attached hydrogens (tertiary/aromatic N) is 1. The number of hydrogen-bond acceptors (Lipinski definition) is 4. The van der Waals surface area contributed by atoms with E-state index in [2.05, 4.69) is 26.8 Å². The number of likely N-dealkylation sites (N-methyl/N-ethyl adjacent to an activating group) is 1. The minimum atomic E-state index is -0.377. The Hall–Kier alpha value is -1.59. The van der Waals surface area contributed by atoms with Gasteiger partial charge in [0.1, 0.15) is 5.75 Å². The average molecular weight is 337 g/mol. The zero-order valence-corrected chi connectivity index (χ0v) is 15.6. The van der Waals surface area contributed by atoms with E-state index < -0.39 is 0 Å². The van der Waals surface area contributed by atoms with Crippen LogP contribution < -0.4 is 4.74 Å². The molecular formula is C19H31NO4. The van der Waals surface area contributed by atoms with Crippen molar-refractivity contribution in [3.63, 3.8) is 0 Å². The Labute approximate surface area is 145 Å². The highest BCUT2D eigenvalue weighted by Gasteiger charge is 2.13. The molecule has 24 heavy (non-hydrogen) atoms. The first-order valence-electron chi connectivity index (χ1n) is 8.40. The largest absolute Gasteiger partial charge is 0.415 e. The van der Waals surface area contributed by atoms with Gasteiger partial charge in [-0.05, 0) is 36.0 Å². The molecule has 0 spiro atoms. The molecule has 1 aromatic carbocycles. The molecule has 1 amide bonds. The Kier molecular flexibility index (Phi) is 8.79. The van der Waals surface area contributed by atoms with Crippen LogP contribution in [0, 0.1) is 5.41 Å². The van der Waals surface area contributed by atoms with Crippen LogP contribution in [0.4, 0.5) is 4.79 Å². The quantitative estimate of drug-likeness (QED) is 0.644. The summed E-state index contributed by atoms with van der Waals surface area (Å²) < 4.78 is 15.7. The zero-order valence-electron chi connectivity index (χ0n) is 15.6. The van der Waals surface area contributed by atoms with Crippen molar-refractivity contribution in [3.05, 3.63) is 29.8 Å². The fourth-order valence-corrected chi connectivity index (χ4v) is 2.00. The fraction of sp³-hybridized carbons (Fsp3) is 0.632. The summed E-state index contributed by atoms with van der Waals surface area (Å²) >= 11 is 0. The number of amides is 1. The van der Waals surface area contributed by atoms with Gasteiger partial charge in [-0.2, -0.15) is 0 Å². The van der Waals surface area contributed by atoms with E-state index in [1.807, 2.05) is 12.1 Å². The SMILES string of the molecule is COCCOCCN(C)C(=O)Oc1cccc(CCC(C)(C)C)c1. The Morgan fingerprint density at radius 2 is 1.92 bits per heavy atom. The Balaban J connectivity index is 2.42. The second kappa shape index (κ2) is 10.3. The summed E-state index contributed by atoms with van der Waals surface area (Å²) in [5.74, 6) is 0.582. The van der Waals surface area contributed by atoms with Crippen LogP contribution in [-0.4, -0.2) is 51.5 Å². The second-order valence-corrected chi connectivity index (χ2v) is 7.10. The molecule has 0 N–H and O–H groups in total. The molecule has 0 fully saturated rings. The normalized spacial score (nSPS) is 11.4. The summed E-state index contributed by atoms with van der Waals surface area (Å²) in [7, 11) is 3.33. The molecule has 0 aromatic heterocycles. The van der Waals surface area contributed by atoms with Crippen LogP contribution >= 0.6 is 0 Å². The smallest absolute Gasteiger partial charge is 0.410 e. The third-order valence-corrected chi connectivity index (χ3v) is 3.58. The zero-order chi connectivity index (χ0) is 18.0. The van der Waals surface area contributed by atoms with E-state index in [1.54, 1.807) is 20.2 Å². The summed E-state index contributed by atoms with van der Waals surface area (Å²) in [5, 5.41) is 0. The molecule has 0 aliphatic rings. The van der Waals surface area contributed by atoms with E-state index in [-0.39, 0.29) is 11.5 Å². The van der Waals surface area contributed by atoms with Gasteiger partial charge in [-0.3, -0.25) is 0 Å². The number of methoxy groups -OCH3 is 1. The van der Waals surface area contributed by atoms with Gasteiger partial charge >= 0.3 is 6.09 Å². The van der Waals surface area contributed by atoms with Crippen LogP contribution in [0.1, 0.15) is 32.8 Å². The molecule has 5 nitrogen and oxygen atoms in total. The van der Waals surface area contributed by atoms with E-state index in [9.17, 15) is 4.79 Å². The minimum absolute atomic E-state index is 0.287. The molecule has 136 valence electrons. The van der Waals surface area contributed by atoms with Crippen LogP contribution in [0.2, 0.25) is 0 Å². The first kappa shape index (κ1) is 20.5. The van der Waals surface area contributed by atoms with Crippen LogP contribution in [-0.2, 0) is 15.9 Å². The van der Waals surface area contributed by atoms with Crippen molar-refractivity contribution in [1.82, 2.24) is 4.90 Å². The molecule has 0 heterocycles. The van der Waals surface area contributed by atoms with Gasteiger partial charge in [-0.25, -0.2) is 4.79 Å². The molecular weight excluding hydrogens is 306 g/mol. The van der Waals surface area contributed by atoms with Gasteiger partial charge in [0, 0.05) is 20.7 Å². The van der Waals surface area contributed by atoms with Gasteiger partial charge < -0.3 is 19.1 Å². The van der Waals surface area contributed by atoms with E-state index in [4.69, 9.17) is 14.2 Å². The van der Waals surface area contributed by atoms with Gasteiger partial charge in [0.25, 0.3) is 0 Å². The highest BCUT2D eigenvalue weighted by Crippen LogP contribution is 2.23. The number of rotatable bonds is 9. The molecule has 0 saturated heterocycles. The van der Waals surface area contributed by atoms with Gasteiger partial charge in [-0.15, -0.1) is 0 Å². The standard InChI is InChI=1S/C19H31NO4/c1-19(2,3)10-9-16-7-6-8-17(15-16)24-18(21)20(4)11-12-23-14-13-22-5/h6-8,15H,9-14H2,1-5H3. The van der Waals surface area contributed by atoms with Gasteiger partial charge in [0.15, 0.2) is 0 Å². The molecule has 0 unspecified atom stereocenters. The first-order chi connectivity index (χ1) is 11.3. The predicted octanol–water partition coefficient (Wildman–Crippen LogP) is 3.76. The maximum absolute atomic E-state index is 12.1. The minimum Gasteiger partial charge on any atom is -0.410 e. The second-order valence-electron chi connectivity index (χ2n) is 7.10. The maximum Gasteiger partial charge on any atom is 0.415 e. The summed E-state index contributed by atoms with van der Waals surface area (Å²) in [5.41, 5.74) is 1.47. The average Bonchev–Trinajstić information content (AvgIpc) is 2.52. The number of carbonyl (C=O) groups excluding carboxylic acids is 1. The highest BCUT2D eigenvalue weighted by molar-refractivity contribution is 5.70.